The maximum Gasteiger partial charge on any atom is 0.274 e. The molecule has 112 valence electrons. The smallest absolute Gasteiger partial charge is 0.274 e. The molecular weight excluding hydrogens is 266 g/mol. The quantitative estimate of drug-likeness (QED) is 0.833. The van der Waals surface area contributed by atoms with Gasteiger partial charge in [0.2, 0.25) is 0 Å². The number of hydrogen-bond donors (Lipinski definition) is 0. The Morgan fingerprint density at radius 3 is 2.57 bits per heavy atom. The predicted molar refractivity (Wildman–Crippen MR) is 78.6 cm³/mol. The Morgan fingerprint density at radius 2 is 2.05 bits per heavy atom. The number of carbonyl (C=O) groups is 1. The summed E-state index contributed by atoms with van der Waals surface area (Å²) in [6.07, 6.45) is 5.01. The normalized spacial score (nSPS) is 17.3. The number of rotatable bonds is 4. The summed E-state index contributed by atoms with van der Waals surface area (Å²) >= 11 is 0. The Hall–Kier alpha value is -2.00. The van der Waals surface area contributed by atoms with Gasteiger partial charge in [0, 0.05) is 32.4 Å². The Bertz CT molecular complexity index is 514. The highest BCUT2D eigenvalue weighted by Crippen LogP contribution is 2.12. The molecule has 2 heterocycles. The summed E-state index contributed by atoms with van der Waals surface area (Å²) in [5, 5.41) is 9.20. The summed E-state index contributed by atoms with van der Waals surface area (Å²) in [5.41, 5.74) is 1.19. The van der Waals surface area contributed by atoms with E-state index in [1.807, 2.05) is 6.92 Å². The maximum absolute atomic E-state index is 12.3. The van der Waals surface area contributed by atoms with E-state index in [0.29, 0.717) is 18.8 Å². The second kappa shape index (κ2) is 7.14. The highest BCUT2D eigenvalue weighted by Gasteiger charge is 2.26. The van der Waals surface area contributed by atoms with Crippen molar-refractivity contribution in [3.05, 3.63) is 23.8 Å². The van der Waals surface area contributed by atoms with Crippen LogP contribution in [0.3, 0.4) is 0 Å². The lowest BCUT2D eigenvalue weighted by molar-refractivity contribution is 0.0595. The van der Waals surface area contributed by atoms with E-state index in [4.69, 9.17) is 0 Å². The molecule has 1 atom stereocenters. The lowest BCUT2D eigenvalue weighted by atomic mass is 10.1. The van der Waals surface area contributed by atoms with Gasteiger partial charge >= 0.3 is 0 Å². The number of nitrogens with zero attached hydrogens (tertiary/aromatic N) is 5. The molecule has 1 aromatic rings. The van der Waals surface area contributed by atoms with Crippen molar-refractivity contribution in [2.24, 2.45) is 0 Å². The van der Waals surface area contributed by atoms with E-state index < -0.39 is 0 Å². The Kier molecular flexibility index (Phi) is 5.23. The number of amides is 1. The fourth-order valence-electron chi connectivity index (χ4n) is 2.50. The number of piperazine rings is 1. The summed E-state index contributed by atoms with van der Waals surface area (Å²) in [6, 6.07) is 2.32. The van der Waals surface area contributed by atoms with Crippen LogP contribution in [-0.2, 0) is 0 Å². The van der Waals surface area contributed by atoms with E-state index in [2.05, 4.69) is 27.9 Å². The van der Waals surface area contributed by atoms with Gasteiger partial charge in [0.05, 0.1) is 24.0 Å². The fraction of sp³-hybridized carbons (Fsp3) is 0.600. The zero-order chi connectivity index (χ0) is 15.2. The first kappa shape index (κ1) is 15.4. The molecular formula is C15H21N5O. The van der Waals surface area contributed by atoms with E-state index in [0.717, 1.165) is 31.6 Å². The van der Waals surface area contributed by atoms with Crippen molar-refractivity contribution in [1.29, 1.82) is 5.26 Å². The van der Waals surface area contributed by atoms with E-state index >= 15 is 0 Å². The molecule has 1 saturated heterocycles. The summed E-state index contributed by atoms with van der Waals surface area (Å²) < 4.78 is 0. The van der Waals surface area contributed by atoms with Crippen LogP contribution in [0.2, 0.25) is 0 Å². The first-order chi connectivity index (χ1) is 10.2. The van der Waals surface area contributed by atoms with Gasteiger partial charge in [-0.1, -0.05) is 13.3 Å². The minimum atomic E-state index is -0.0776. The van der Waals surface area contributed by atoms with Gasteiger partial charge in [0.15, 0.2) is 0 Å². The predicted octanol–water partition coefficient (Wildman–Crippen LogP) is 1.24. The monoisotopic (exact) mass is 287 g/mol. The van der Waals surface area contributed by atoms with E-state index in [1.54, 1.807) is 11.1 Å². The molecule has 0 spiro atoms. The lowest BCUT2D eigenvalue weighted by Crippen LogP contribution is -2.51. The molecule has 6 heteroatoms. The third-order valence-electron chi connectivity index (χ3n) is 3.75. The van der Waals surface area contributed by atoms with Crippen LogP contribution in [0.1, 0.15) is 35.9 Å². The van der Waals surface area contributed by atoms with Crippen LogP contribution in [-0.4, -0.2) is 57.9 Å². The van der Waals surface area contributed by atoms with Crippen molar-refractivity contribution >= 4 is 5.91 Å². The van der Waals surface area contributed by atoms with Crippen LogP contribution in [0.5, 0.6) is 0 Å². The van der Waals surface area contributed by atoms with E-state index in [-0.39, 0.29) is 11.9 Å². The van der Waals surface area contributed by atoms with Crippen molar-refractivity contribution < 1.29 is 4.79 Å². The molecule has 0 saturated carbocycles. The Morgan fingerprint density at radius 1 is 1.33 bits per heavy atom. The van der Waals surface area contributed by atoms with Gasteiger partial charge in [0.25, 0.3) is 5.91 Å². The minimum Gasteiger partial charge on any atom is -0.335 e. The van der Waals surface area contributed by atoms with Crippen molar-refractivity contribution in [2.75, 3.05) is 26.2 Å². The summed E-state index contributed by atoms with van der Waals surface area (Å²) in [6.45, 7) is 6.68. The third-order valence-corrected chi connectivity index (χ3v) is 3.75. The SMILES string of the molecule is CCCC(C#N)N1CCN(C(=O)c2cnc(C)cn2)CC1. The van der Waals surface area contributed by atoms with Crippen LogP contribution < -0.4 is 0 Å². The molecule has 0 aliphatic carbocycles. The van der Waals surface area contributed by atoms with Gasteiger partial charge in [-0.05, 0) is 13.3 Å². The molecule has 0 bridgehead atoms. The van der Waals surface area contributed by atoms with Crippen LogP contribution in [0.15, 0.2) is 12.4 Å². The number of aryl methyl sites for hydroxylation is 1. The highest BCUT2D eigenvalue weighted by molar-refractivity contribution is 5.92. The van der Waals surface area contributed by atoms with E-state index in [1.165, 1.54) is 6.20 Å². The van der Waals surface area contributed by atoms with Gasteiger partial charge < -0.3 is 4.90 Å². The van der Waals surface area contributed by atoms with Gasteiger partial charge in [-0.25, -0.2) is 4.98 Å². The maximum atomic E-state index is 12.3. The molecule has 0 N–H and O–H groups in total. The van der Waals surface area contributed by atoms with Gasteiger partial charge in [-0.3, -0.25) is 14.7 Å². The molecule has 1 aliphatic heterocycles. The molecule has 1 aliphatic rings. The summed E-state index contributed by atoms with van der Waals surface area (Å²) in [7, 11) is 0. The van der Waals surface area contributed by atoms with Crippen LogP contribution in [0, 0.1) is 18.3 Å². The Labute approximate surface area is 125 Å². The van der Waals surface area contributed by atoms with Crippen molar-refractivity contribution in [3.8, 4) is 6.07 Å². The number of hydrogen-bond acceptors (Lipinski definition) is 5. The second-order valence-electron chi connectivity index (χ2n) is 5.30. The largest absolute Gasteiger partial charge is 0.335 e. The zero-order valence-corrected chi connectivity index (χ0v) is 12.6. The lowest BCUT2D eigenvalue weighted by Gasteiger charge is -2.36. The summed E-state index contributed by atoms with van der Waals surface area (Å²) in [4.78, 5) is 24.5. The first-order valence-electron chi connectivity index (χ1n) is 7.37. The molecule has 6 nitrogen and oxygen atoms in total. The van der Waals surface area contributed by atoms with Crippen molar-refractivity contribution in [1.82, 2.24) is 19.8 Å². The Balaban J connectivity index is 1.93. The summed E-state index contributed by atoms with van der Waals surface area (Å²) in [5.74, 6) is -0.0776. The molecule has 0 aromatic carbocycles. The van der Waals surface area contributed by atoms with Crippen molar-refractivity contribution in [2.45, 2.75) is 32.7 Å². The molecule has 0 radical (unpaired) electrons. The van der Waals surface area contributed by atoms with Crippen LogP contribution >= 0.6 is 0 Å². The molecule has 2 rings (SSSR count). The topological polar surface area (TPSA) is 73.1 Å². The zero-order valence-electron chi connectivity index (χ0n) is 12.6. The highest BCUT2D eigenvalue weighted by atomic mass is 16.2. The standard InChI is InChI=1S/C15H21N5O/c1-3-4-13(9-16)19-5-7-20(8-6-19)15(21)14-11-17-12(2)10-18-14/h10-11,13H,3-8H2,1-2H3. The number of aromatic nitrogens is 2. The fourth-order valence-corrected chi connectivity index (χ4v) is 2.50. The molecule has 1 unspecified atom stereocenters. The average molecular weight is 287 g/mol. The average Bonchev–Trinajstić information content (AvgIpc) is 2.53. The number of nitriles is 1. The first-order valence-corrected chi connectivity index (χ1v) is 7.37. The van der Waals surface area contributed by atoms with Crippen LogP contribution in [0.25, 0.3) is 0 Å². The van der Waals surface area contributed by atoms with Crippen LogP contribution in [0.4, 0.5) is 0 Å². The molecule has 1 amide bonds. The van der Waals surface area contributed by atoms with Gasteiger partial charge in [-0.15, -0.1) is 0 Å². The van der Waals surface area contributed by atoms with Gasteiger partial charge in [0.1, 0.15) is 5.69 Å². The molecule has 1 aromatic heterocycles. The minimum absolute atomic E-state index is 0.0357. The van der Waals surface area contributed by atoms with Gasteiger partial charge in [-0.2, -0.15) is 5.26 Å². The van der Waals surface area contributed by atoms with Crippen molar-refractivity contribution in [3.63, 3.8) is 0 Å². The molecule has 1 fully saturated rings. The third kappa shape index (κ3) is 3.76. The molecule has 21 heavy (non-hydrogen) atoms. The second-order valence-corrected chi connectivity index (χ2v) is 5.30. The number of carbonyl (C=O) groups excluding carboxylic acids is 1. The van der Waals surface area contributed by atoms with E-state index in [9.17, 15) is 10.1 Å².